The van der Waals surface area contributed by atoms with Crippen LogP contribution in [0.25, 0.3) is 0 Å². The van der Waals surface area contributed by atoms with E-state index in [1.807, 2.05) is 20.0 Å². The number of rotatable bonds is 8. The molecular formula is C16H25N3O2. The van der Waals surface area contributed by atoms with Crippen molar-refractivity contribution in [3.63, 3.8) is 0 Å². The highest BCUT2D eigenvalue weighted by molar-refractivity contribution is 5.76. The molecule has 1 heterocycles. The van der Waals surface area contributed by atoms with Gasteiger partial charge in [-0.25, -0.2) is 0 Å². The second-order valence-electron chi connectivity index (χ2n) is 5.67. The maximum atomic E-state index is 11.5. The lowest BCUT2D eigenvalue weighted by atomic mass is 10.1. The number of aryl methyl sites for hydroxylation is 1. The van der Waals surface area contributed by atoms with Gasteiger partial charge in [-0.15, -0.1) is 0 Å². The topological polar surface area (TPSA) is 63.2 Å². The van der Waals surface area contributed by atoms with Crippen LogP contribution in [-0.2, 0) is 11.3 Å². The summed E-state index contributed by atoms with van der Waals surface area (Å²) in [6.07, 6.45) is 5.56. The van der Waals surface area contributed by atoms with Gasteiger partial charge in [0.25, 0.3) is 0 Å². The Labute approximate surface area is 126 Å². The molecule has 0 aliphatic heterocycles. The molecule has 1 saturated carbocycles. The second-order valence-corrected chi connectivity index (χ2v) is 5.67. The summed E-state index contributed by atoms with van der Waals surface area (Å²) in [5, 5.41) is 6.34. The van der Waals surface area contributed by atoms with Crippen molar-refractivity contribution in [2.75, 3.05) is 13.7 Å². The zero-order valence-corrected chi connectivity index (χ0v) is 13.2. The molecule has 1 fully saturated rings. The quantitative estimate of drug-likeness (QED) is 0.718. The highest BCUT2D eigenvalue weighted by Gasteiger charge is 2.22. The van der Waals surface area contributed by atoms with E-state index < -0.39 is 0 Å². The first-order valence-electron chi connectivity index (χ1n) is 7.61. The van der Waals surface area contributed by atoms with Crippen LogP contribution in [0.2, 0.25) is 0 Å². The standard InChI is InChI=1S/C16H25N3O2/c1-11-9-18-14(12(2)16(11)21-3)10-17-8-4-5-15(20)19-13-6-7-13/h9,13,17H,4-8,10H2,1-3H3,(H,19,20). The number of methoxy groups -OCH3 is 1. The Kier molecular flexibility index (Phi) is 5.56. The van der Waals surface area contributed by atoms with Crippen molar-refractivity contribution in [3.8, 4) is 5.75 Å². The molecular weight excluding hydrogens is 266 g/mol. The van der Waals surface area contributed by atoms with Gasteiger partial charge in [0.1, 0.15) is 5.75 Å². The summed E-state index contributed by atoms with van der Waals surface area (Å²) in [5.41, 5.74) is 3.13. The van der Waals surface area contributed by atoms with Gasteiger partial charge in [-0.1, -0.05) is 0 Å². The van der Waals surface area contributed by atoms with E-state index in [2.05, 4.69) is 15.6 Å². The van der Waals surface area contributed by atoms with Crippen LogP contribution in [0, 0.1) is 13.8 Å². The van der Waals surface area contributed by atoms with Crippen LogP contribution in [0.3, 0.4) is 0 Å². The van der Waals surface area contributed by atoms with Crippen molar-refractivity contribution in [3.05, 3.63) is 23.0 Å². The van der Waals surface area contributed by atoms with Crippen molar-refractivity contribution >= 4 is 5.91 Å². The van der Waals surface area contributed by atoms with Gasteiger partial charge in [0.05, 0.1) is 12.8 Å². The number of aromatic nitrogens is 1. The molecule has 5 nitrogen and oxygen atoms in total. The first-order chi connectivity index (χ1) is 10.1. The summed E-state index contributed by atoms with van der Waals surface area (Å²) in [7, 11) is 1.69. The Morgan fingerprint density at radius 3 is 2.86 bits per heavy atom. The number of hydrogen-bond donors (Lipinski definition) is 2. The Balaban J connectivity index is 1.69. The Morgan fingerprint density at radius 1 is 1.43 bits per heavy atom. The lowest BCUT2D eigenvalue weighted by Crippen LogP contribution is -2.26. The minimum atomic E-state index is 0.172. The monoisotopic (exact) mass is 291 g/mol. The fraction of sp³-hybridized carbons (Fsp3) is 0.625. The first kappa shape index (κ1) is 15.8. The summed E-state index contributed by atoms with van der Waals surface area (Å²) < 4.78 is 5.40. The summed E-state index contributed by atoms with van der Waals surface area (Å²) in [5.74, 6) is 1.08. The maximum Gasteiger partial charge on any atom is 0.220 e. The van der Waals surface area contributed by atoms with E-state index in [9.17, 15) is 4.79 Å². The van der Waals surface area contributed by atoms with E-state index in [0.717, 1.165) is 48.4 Å². The number of carbonyl (C=O) groups excluding carboxylic acids is 1. The first-order valence-corrected chi connectivity index (χ1v) is 7.61. The van der Waals surface area contributed by atoms with Crippen molar-refractivity contribution < 1.29 is 9.53 Å². The van der Waals surface area contributed by atoms with Crippen molar-refractivity contribution in [2.24, 2.45) is 0 Å². The summed E-state index contributed by atoms with van der Waals surface area (Å²) in [4.78, 5) is 16.0. The van der Waals surface area contributed by atoms with Crippen LogP contribution in [-0.4, -0.2) is 30.6 Å². The lowest BCUT2D eigenvalue weighted by molar-refractivity contribution is -0.121. The average Bonchev–Trinajstić information content (AvgIpc) is 3.25. The molecule has 1 amide bonds. The van der Waals surface area contributed by atoms with Crippen LogP contribution in [0.5, 0.6) is 5.75 Å². The van der Waals surface area contributed by atoms with Crippen LogP contribution in [0.1, 0.15) is 42.5 Å². The second kappa shape index (κ2) is 7.41. The average molecular weight is 291 g/mol. The number of carbonyl (C=O) groups is 1. The zero-order valence-electron chi connectivity index (χ0n) is 13.2. The molecule has 1 aliphatic rings. The molecule has 0 radical (unpaired) electrons. The molecule has 0 spiro atoms. The minimum Gasteiger partial charge on any atom is -0.496 e. The van der Waals surface area contributed by atoms with E-state index in [-0.39, 0.29) is 5.91 Å². The highest BCUT2D eigenvalue weighted by Crippen LogP contribution is 2.23. The summed E-state index contributed by atoms with van der Waals surface area (Å²) >= 11 is 0. The molecule has 1 aliphatic carbocycles. The van der Waals surface area contributed by atoms with Gasteiger partial charge in [-0.3, -0.25) is 9.78 Å². The van der Waals surface area contributed by atoms with Gasteiger partial charge >= 0.3 is 0 Å². The normalized spacial score (nSPS) is 14.0. The van der Waals surface area contributed by atoms with Gasteiger partial charge in [-0.05, 0) is 39.7 Å². The van der Waals surface area contributed by atoms with Crippen LogP contribution in [0.4, 0.5) is 0 Å². The predicted molar refractivity (Wildman–Crippen MR) is 82.4 cm³/mol. The van der Waals surface area contributed by atoms with Gasteiger partial charge < -0.3 is 15.4 Å². The minimum absolute atomic E-state index is 0.172. The largest absolute Gasteiger partial charge is 0.496 e. The van der Waals surface area contributed by atoms with E-state index in [1.54, 1.807) is 7.11 Å². The maximum absolute atomic E-state index is 11.5. The summed E-state index contributed by atoms with van der Waals surface area (Å²) in [6, 6.07) is 0.456. The number of hydrogen-bond acceptors (Lipinski definition) is 4. The number of amides is 1. The fourth-order valence-electron chi connectivity index (χ4n) is 2.36. The molecule has 5 heteroatoms. The number of nitrogens with one attached hydrogen (secondary N) is 2. The molecule has 116 valence electrons. The number of pyridine rings is 1. The van der Waals surface area contributed by atoms with Crippen molar-refractivity contribution in [2.45, 2.75) is 52.1 Å². The van der Waals surface area contributed by atoms with Gasteiger partial charge in [0.15, 0.2) is 0 Å². The van der Waals surface area contributed by atoms with Crippen molar-refractivity contribution in [1.82, 2.24) is 15.6 Å². The lowest BCUT2D eigenvalue weighted by Gasteiger charge is -2.12. The smallest absolute Gasteiger partial charge is 0.220 e. The number of nitrogens with zero attached hydrogens (tertiary/aromatic N) is 1. The van der Waals surface area contributed by atoms with Crippen LogP contribution >= 0.6 is 0 Å². The fourth-order valence-corrected chi connectivity index (χ4v) is 2.36. The van der Waals surface area contributed by atoms with Gasteiger partial charge in [0, 0.05) is 36.3 Å². The Morgan fingerprint density at radius 2 is 2.19 bits per heavy atom. The molecule has 0 unspecified atom stereocenters. The molecule has 0 atom stereocenters. The predicted octanol–water partition coefficient (Wildman–Crippen LogP) is 1.86. The molecule has 2 rings (SSSR count). The van der Waals surface area contributed by atoms with E-state index in [4.69, 9.17) is 4.74 Å². The highest BCUT2D eigenvalue weighted by atomic mass is 16.5. The SMILES string of the molecule is COc1c(C)cnc(CNCCCC(=O)NC2CC2)c1C. The Bertz CT molecular complexity index is 499. The van der Waals surface area contributed by atoms with E-state index >= 15 is 0 Å². The molecule has 1 aromatic heterocycles. The molecule has 1 aromatic rings. The molecule has 2 N–H and O–H groups in total. The Hall–Kier alpha value is -1.62. The number of ether oxygens (including phenoxy) is 1. The summed E-state index contributed by atoms with van der Waals surface area (Å²) in [6.45, 7) is 5.54. The molecule has 0 bridgehead atoms. The van der Waals surface area contributed by atoms with Crippen LogP contribution < -0.4 is 15.4 Å². The van der Waals surface area contributed by atoms with E-state index in [1.165, 1.54) is 0 Å². The molecule has 0 aromatic carbocycles. The third kappa shape index (κ3) is 4.70. The van der Waals surface area contributed by atoms with Crippen molar-refractivity contribution in [1.29, 1.82) is 0 Å². The molecule has 0 saturated heterocycles. The zero-order chi connectivity index (χ0) is 15.2. The molecule has 21 heavy (non-hydrogen) atoms. The van der Waals surface area contributed by atoms with Gasteiger partial charge in [0.2, 0.25) is 5.91 Å². The van der Waals surface area contributed by atoms with E-state index in [0.29, 0.717) is 19.0 Å². The third-order valence-corrected chi connectivity index (χ3v) is 3.74. The third-order valence-electron chi connectivity index (χ3n) is 3.74. The van der Waals surface area contributed by atoms with Crippen LogP contribution in [0.15, 0.2) is 6.20 Å². The van der Waals surface area contributed by atoms with Gasteiger partial charge in [-0.2, -0.15) is 0 Å².